The van der Waals surface area contributed by atoms with Gasteiger partial charge in [0.2, 0.25) is 5.95 Å². The highest BCUT2D eigenvalue weighted by Crippen LogP contribution is 2.37. The predicted octanol–water partition coefficient (Wildman–Crippen LogP) is 3.23. The Labute approximate surface area is 193 Å². The third-order valence-electron chi connectivity index (χ3n) is 5.14. The highest BCUT2D eigenvalue weighted by atomic mass is 16.5. The van der Waals surface area contributed by atoms with Crippen molar-refractivity contribution in [2.45, 2.75) is 0 Å². The van der Waals surface area contributed by atoms with Crippen LogP contribution in [0.25, 0.3) is 11.3 Å². The molecule has 3 heterocycles. The zero-order valence-corrected chi connectivity index (χ0v) is 18.7. The van der Waals surface area contributed by atoms with E-state index in [4.69, 9.17) is 24.9 Å². The quantitative estimate of drug-likeness (QED) is 0.454. The average molecular weight is 446 g/mol. The van der Waals surface area contributed by atoms with Gasteiger partial charge in [0.25, 0.3) is 0 Å². The molecule has 0 amide bonds. The Bertz CT molecular complexity index is 1130. The summed E-state index contributed by atoms with van der Waals surface area (Å²) in [6, 6.07) is 11.5. The molecule has 1 saturated heterocycles. The zero-order chi connectivity index (χ0) is 23.0. The van der Waals surface area contributed by atoms with E-state index in [0.717, 1.165) is 16.8 Å². The Morgan fingerprint density at radius 1 is 1.18 bits per heavy atom. The molecule has 4 rings (SSSR count). The molecule has 0 radical (unpaired) electrons. The summed E-state index contributed by atoms with van der Waals surface area (Å²) >= 11 is 0. The van der Waals surface area contributed by atoms with Crippen LogP contribution in [-0.4, -0.2) is 61.1 Å². The van der Waals surface area contributed by atoms with Gasteiger partial charge >= 0.3 is 0 Å². The molecule has 9 nitrogen and oxygen atoms in total. The predicted molar refractivity (Wildman–Crippen MR) is 130 cm³/mol. The summed E-state index contributed by atoms with van der Waals surface area (Å²) in [7, 11) is 3.41. The van der Waals surface area contributed by atoms with Crippen molar-refractivity contribution >= 4 is 23.2 Å². The Hall–Kier alpha value is -3.98. The van der Waals surface area contributed by atoms with E-state index in [1.54, 1.807) is 38.8 Å². The number of morpholine rings is 1. The van der Waals surface area contributed by atoms with Crippen LogP contribution in [0, 0.1) is 5.41 Å². The van der Waals surface area contributed by atoms with Gasteiger partial charge in [-0.05, 0) is 30.5 Å². The van der Waals surface area contributed by atoms with E-state index in [0.29, 0.717) is 55.2 Å². The molecule has 3 aromatic rings. The van der Waals surface area contributed by atoms with Gasteiger partial charge in [-0.3, -0.25) is 4.98 Å². The summed E-state index contributed by atoms with van der Waals surface area (Å²) in [6.07, 6.45) is 6.89. The molecule has 1 aliphatic rings. The van der Waals surface area contributed by atoms with E-state index in [-0.39, 0.29) is 0 Å². The summed E-state index contributed by atoms with van der Waals surface area (Å²) in [6.45, 7) is 2.66. The standard InChI is InChI=1S/C24H27N7O2/c1-26-10-8-20(25)17-5-3-6-18(15-17)21-22(32-2)23(28-19-7-4-9-27-16-19)30-24(29-21)31-11-13-33-14-12-31/h3-10,15-16,25-26H,11-14H2,1-2H3,(H,28,29,30)/b10-8-,25-20?. The van der Waals surface area contributed by atoms with Gasteiger partial charge in [0.05, 0.1) is 37.9 Å². The van der Waals surface area contributed by atoms with E-state index in [2.05, 4.69) is 20.5 Å². The summed E-state index contributed by atoms with van der Waals surface area (Å²) in [4.78, 5) is 15.9. The van der Waals surface area contributed by atoms with Gasteiger partial charge in [0.1, 0.15) is 5.69 Å². The molecule has 1 aliphatic heterocycles. The third kappa shape index (κ3) is 5.27. The molecule has 9 heteroatoms. The van der Waals surface area contributed by atoms with Crippen LogP contribution in [0.5, 0.6) is 5.75 Å². The number of anilines is 3. The molecule has 0 saturated carbocycles. The molecular formula is C24H27N7O2. The maximum absolute atomic E-state index is 8.35. The number of rotatable bonds is 8. The first-order chi connectivity index (χ1) is 16.2. The normalized spacial score (nSPS) is 13.7. The second kappa shape index (κ2) is 10.6. The summed E-state index contributed by atoms with van der Waals surface area (Å²) in [5, 5.41) is 14.6. The van der Waals surface area contributed by atoms with Crippen molar-refractivity contribution in [1.29, 1.82) is 5.41 Å². The largest absolute Gasteiger partial charge is 0.491 e. The molecule has 2 aromatic heterocycles. The van der Waals surface area contributed by atoms with E-state index in [9.17, 15) is 0 Å². The Balaban J connectivity index is 1.81. The third-order valence-corrected chi connectivity index (χ3v) is 5.14. The fourth-order valence-corrected chi connectivity index (χ4v) is 3.49. The zero-order valence-electron chi connectivity index (χ0n) is 18.7. The van der Waals surface area contributed by atoms with E-state index in [1.165, 1.54) is 0 Å². The first-order valence-corrected chi connectivity index (χ1v) is 10.7. The van der Waals surface area contributed by atoms with Gasteiger partial charge in [-0.2, -0.15) is 4.98 Å². The summed E-state index contributed by atoms with van der Waals surface area (Å²) in [5.74, 6) is 1.66. The van der Waals surface area contributed by atoms with Crippen molar-refractivity contribution < 1.29 is 9.47 Å². The second-order valence-electron chi connectivity index (χ2n) is 7.34. The highest BCUT2D eigenvalue weighted by Gasteiger charge is 2.22. The lowest BCUT2D eigenvalue weighted by Crippen LogP contribution is -2.37. The van der Waals surface area contributed by atoms with Crippen LogP contribution in [-0.2, 0) is 4.74 Å². The lowest BCUT2D eigenvalue weighted by atomic mass is 10.0. The topological polar surface area (TPSA) is 108 Å². The first-order valence-electron chi connectivity index (χ1n) is 10.7. The number of methoxy groups -OCH3 is 1. The molecule has 0 atom stereocenters. The highest BCUT2D eigenvalue weighted by molar-refractivity contribution is 6.07. The van der Waals surface area contributed by atoms with Crippen molar-refractivity contribution in [1.82, 2.24) is 20.3 Å². The molecule has 0 aliphatic carbocycles. The van der Waals surface area contributed by atoms with Crippen LogP contribution in [0.3, 0.4) is 0 Å². The molecule has 170 valence electrons. The first kappa shape index (κ1) is 22.2. The second-order valence-corrected chi connectivity index (χ2v) is 7.34. The number of benzene rings is 1. The minimum atomic E-state index is 0.390. The van der Waals surface area contributed by atoms with E-state index < -0.39 is 0 Å². The Morgan fingerprint density at radius 2 is 2.03 bits per heavy atom. The fourth-order valence-electron chi connectivity index (χ4n) is 3.49. The van der Waals surface area contributed by atoms with Gasteiger partial charge in [0.15, 0.2) is 11.6 Å². The minimum absolute atomic E-state index is 0.390. The summed E-state index contributed by atoms with van der Waals surface area (Å²) in [5.41, 5.74) is 3.43. The molecule has 0 bridgehead atoms. The monoisotopic (exact) mass is 445 g/mol. The number of aromatic nitrogens is 3. The van der Waals surface area contributed by atoms with Gasteiger partial charge < -0.3 is 30.4 Å². The number of pyridine rings is 1. The number of hydrogen-bond donors (Lipinski definition) is 3. The Morgan fingerprint density at radius 3 is 2.76 bits per heavy atom. The minimum Gasteiger partial charge on any atom is -0.491 e. The number of nitrogens with one attached hydrogen (secondary N) is 3. The van der Waals surface area contributed by atoms with Gasteiger partial charge in [-0.15, -0.1) is 0 Å². The SMILES string of the molecule is CN/C=C\C(=N)c1cccc(-c2nc(N3CCOCC3)nc(Nc3cccnc3)c2OC)c1. The lowest BCUT2D eigenvalue weighted by Gasteiger charge is -2.28. The number of ether oxygens (including phenoxy) is 2. The van der Waals surface area contributed by atoms with Crippen LogP contribution >= 0.6 is 0 Å². The number of nitrogens with zero attached hydrogens (tertiary/aromatic N) is 4. The molecular weight excluding hydrogens is 418 g/mol. The number of hydrogen-bond acceptors (Lipinski definition) is 9. The molecule has 1 aromatic carbocycles. The number of allylic oxidation sites excluding steroid dienone is 1. The molecule has 0 spiro atoms. The Kier molecular flexibility index (Phi) is 7.11. The lowest BCUT2D eigenvalue weighted by molar-refractivity contribution is 0.122. The van der Waals surface area contributed by atoms with Gasteiger partial charge in [0, 0.05) is 37.5 Å². The molecule has 0 unspecified atom stereocenters. The van der Waals surface area contributed by atoms with Gasteiger partial charge in [-0.1, -0.05) is 18.2 Å². The summed E-state index contributed by atoms with van der Waals surface area (Å²) < 4.78 is 11.3. The van der Waals surface area contributed by atoms with Crippen LogP contribution < -0.4 is 20.3 Å². The van der Waals surface area contributed by atoms with Crippen LogP contribution in [0.2, 0.25) is 0 Å². The van der Waals surface area contributed by atoms with Crippen LogP contribution in [0.4, 0.5) is 17.5 Å². The van der Waals surface area contributed by atoms with Crippen molar-refractivity contribution in [3.8, 4) is 17.0 Å². The van der Waals surface area contributed by atoms with E-state index in [1.807, 2.05) is 36.4 Å². The maximum atomic E-state index is 8.35. The van der Waals surface area contributed by atoms with Crippen molar-refractivity contribution in [2.24, 2.45) is 0 Å². The van der Waals surface area contributed by atoms with Crippen molar-refractivity contribution in [3.63, 3.8) is 0 Å². The average Bonchev–Trinajstić information content (AvgIpc) is 2.88. The fraction of sp³-hybridized carbons (Fsp3) is 0.250. The van der Waals surface area contributed by atoms with Gasteiger partial charge in [-0.25, -0.2) is 4.98 Å². The van der Waals surface area contributed by atoms with Crippen molar-refractivity contribution in [2.75, 3.05) is 50.7 Å². The molecule has 1 fully saturated rings. The maximum Gasteiger partial charge on any atom is 0.228 e. The molecule has 33 heavy (non-hydrogen) atoms. The van der Waals surface area contributed by atoms with Crippen LogP contribution in [0.1, 0.15) is 5.56 Å². The van der Waals surface area contributed by atoms with E-state index >= 15 is 0 Å². The molecule has 3 N–H and O–H groups in total. The van der Waals surface area contributed by atoms with Crippen molar-refractivity contribution in [3.05, 3.63) is 66.6 Å². The van der Waals surface area contributed by atoms with Crippen LogP contribution in [0.15, 0.2) is 61.1 Å². The smallest absolute Gasteiger partial charge is 0.228 e.